The Hall–Kier alpha value is -2.30. The SMILES string of the molecule is Cc1cc(C(=O)N[C@H]2CCOc3ccc(F)cc32)c(C)n1C(C)C. The van der Waals surface area contributed by atoms with E-state index in [1.807, 2.05) is 19.9 Å². The maximum absolute atomic E-state index is 13.6. The van der Waals surface area contributed by atoms with Gasteiger partial charge in [0.2, 0.25) is 0 Å². The monoisotopic (exact) mass is 330 g/mol. The van der Waals surface area contributed by atoms with Crippen LogP contribution in [0.2, 0.25) is 0 Å². The first kappa shape index (κ1) is 16.6. The van der Waals surface area contributed by atoms with Gasteiger partial charge in [-0.2, -0.15) is 0 Å². The number of benzene rings is 1. The topological polar surface area (TPSA) is 43.3 Å². The third-order valence-corrected chi connectivity index (χ3v) is 4.56. The summed E-state index contributed by atoms with van der Waals surface area (Å²) < 4.78 is 21.3. The molecular formula is C19H23FN2O2. The summed E-state index contributed by atoms with van der Waals surface area (Å²) in [6, 6.07) is 6.41. The summed E-state index contributed by atoms with van der Waals surface area (Å²) in [5.74, 6) is 0.189. The van der Waals surface area contributed by atoms with Gasteiger partial charge in [-0.25, -0.2) is 4.39 Å². The van der Waals surface area contributed by atoms with Gasteiger partial charge in [-0.15, -0.1) is 0 Å². The summed E-state index contributed by atoms with van der Waals surface area (Å²) in [6.07, 6.45) is 0.630. The van der Waals surface area contributed by atoms with E-state index in [1.165, 1.54) is 12.1 Å². The minimum atomic E-state index is -0.323. The fourth-order valence-corrected chi connectivity index (χ4v) is 3.55. The highest BCUT2D eigenvalue weighted by Gasteiger charge is 2.25. The average molecular weight is 330 g/mol. The molecule has 0 fully saturated rings. The van der Waals surface area contributed by atoms with Crippen LogP contribution >= 0.6 is 0 Å². The molecule has 1 aliphatic rings. The number of nitrogens with one attached hydrogen (secondary N) is 1. The third-order valence-electron chi connectivity index (χ3n) is 4.56. The van der Waals surface area contributed by atoms with Crippen LogP contribution < -0.4 is 10.1 Å². The van der Waals surface area contributed by atoms with E-state index in [9.17, 15) is 9.18 Å². The summed E-state index contributed by atoms with van der Waals surface area (Å²) in [4.78, 5) is 12.8. The predicted molar refractivity (Wildman–Crippen MR) is 91.0 cm³/mol. The molecule has 1 aliphatic heterocycles. The van der Waals surface area contributed by atoms with Crippen molar-refractivity contribution in [2.75, 3.05) is 6.61 Å². The van der Waals surface area contributed by atoms with Gasteiger partial charge in [0, 0.05) is 29.4 Å². The lowest BCUT2D eigenvalue weighted by Crippen LogP contribution is -2.32. The second-order valence-electron chi connectivity index (χ2n) is 6.59. The third kappa shape index (κ3) is 2.90. The quantitative estimate of drug-likeness (QED) is 0.921. The number of ether oxygens (including phenoxy) is 1. The highest BCUT2D eigenvalue weighted by atomic mass is 19.1. The van der Waals surface area contributed by atoms with E-state index in [2.05, 4.69) is 23.7 Å². The largest absolute Gasteiger partial charge is 0.493 e. The van der Waals surface area contributed by atoms with E-state index in [4.69, 9.17) is 4.74 Å². The molecule has 4 nitrogen and oxygen atoms in total. The molecule has 128 valence electrons. The van der Waals surface area contributed by atoms with E-state index in [1.54, 1.807) is 6.07 Å². The molecule has 1 aromatic heterocycles. The maximum Gasteiger partial charge on any atom is 0.253 e. The first-order valence-corrected chi connectivity index (χ1v) is 8.30. The summed E-state index contributed by atoms with van der Waals surface area (Å²) in [7, 11) is 0. The van der Waals surface area contributed by atoms with Gasteiger partial charge in [0.1, 0.15) is 11.6 Å². The highest BCUT2D eigenvalue weighted by Crippen LogP contribution is 2.33. The van der Waals surface area contributed by atoms with Crippen molar-refractivity contribution in [2.45, 2.75) is 46.2 Å². The predicted octanol–water partition coefficient (Wildman–Crippen LogP) is 4.08. The van der Waals surface area contributed by atoms with Gasteiger partial charge < -0.3 is 14.6 Å². The van der Waals surface area contributed by atoms with Crippen LogP contribution in [-0.4, -0.2) is 17.1 Å². The molecule has 0 bridgehead atoms. The van der Waals surface area contributed by atoms with Crippen molar-refractivity contribution in [3.8, 4) is 5.75 Å². The lowest BCUT2D eigenvalue weighted by molar-refractivity contribution is 0.0924. The molecule has 1 amide bonds. The van der Waals surface area contributed by atoms with Gasteiger partial charge in [0.05, 0.1) is 18.2 Å². The van der Waals surface area contributed by atoms with Crippen molar-refractivity contribution in [1.29, 1.82) is 0 Å². The fourth-order valence-electron chi connectivity index (χ4n) is 3.55. The molecule has 0 radical (unpaired) electrons. The number of nitrogens with zero attached hydrogens (tertiary/aromatic N) is 1. The van der Waals surface area contributed by atoms with E-state index in [-0.39, 0.29) is 17.8 Å². The van der Waals surface area contributed by atoms with Crippen LogP contribution in [0.5, 0.6) is 5.75 Å². The molecule has 1 N–H and O–H groups in total. The highest BCUT2D eigenvalue weighted by molar-refractivity contribution is 5.96. The number of fused-ring (bicyclic) bond motifs is 1. The van der Waals surface area contributed by atoms with Gasteiger partial charge in [-0.05, 0) is 52.0 Å². The van der Waals surface area contributed by atoms with Crippen LogP contribution in [0.25, 0.3) is 0 Å². The van der Waals surface area contributed by atoms with Crippen LogP contribution in [0.4, 0.5) is 4.39 Å². The lowest BCUT2D eigenvalue weighted by atomic mass is 10.00. The molecule has 1 aromatic carbocycles. The van der Waals surface area contributed by atoms with Crippen molar-refractivity contribution in [3.63, 3.8) is 0 Å². The van der Waals surface area contributed by atoms with Gasteiger partial charge >= 0.3 is 0 Å². The number of hydrogen-bond donors (Lipinski definition) is 1. The summed E-state index contributed by atoms with van der Waals surface area (Å²) >= 11 is 0. The van der Waals surface area contributed by atoms with Gasteiger partial charge in [0.25, 0.3) is 5.91 Å². The van der Waals surface area contributed by atoms with Crippen LogP contribution in [-0.2, 0) is 0 Å². The molecule has 0 saturated carbocycles. The van der Waals surface area contributed by atoms with Crippen LogP contribution in [0.15, 0.2) is 24.3 Å². The Labute approximate surface area is 141 Å². The minimum Gasteiger partial charge on any atom is -0.493 e. The Morgan fingerprint density at radius 3 is 2.75 bits per heavy atom. The zero-order valence-electron chi connectivity index (χ0n) is 14.5. The van der Waals surface area contributed by atoms with Crippen molar-refractivity contribution in [1.82, 2.24) is 9.88 Å². The molecule has 2 heterocycles. The van der Waals surface area contributed by atoms with Crippen molar-refractivity contribution in [2.24, 2.45) is 0 Å². The Morgan fingerprint density at radius 2 is 2.08 bits per heavy atom. The van der Waals surface area contributed by atoms with E-state index in [0.29, 0.717) is 35.9 Å². The smallest absolute Gasteiger partial charge is 0.253 e. The number of aromatic nitrogens is 1. The molecule has 5 heteroatoms. The van der Waals surface area contributed by atoms with E-state index in [0.717, 1.165) is 11.4 Å². The standard InChI is InChI=1S/C19H23FN2O2/c1-11(2)22-12(3)9-15(13(22)4)19(23)21-17-7-8-24-18-6-5-14(20)10-16(17)18/h5-6,9-11,17H,7-8H2,1-4H3,(H,21,23)/t17-/m0/s1. The number of aryl methyl sites for hydroxylation is 1. The zero-order chi connectivity index (χ0) is 17.4. The molecule has 0 spiro atoms. The van der Waals surface area contributed by atoms with E-state index < -0.39 is 0 Å². The molecule has 0 unspecified atom stereocenters. The molecule has 3 rings (SSSR count). The molecule has 0 aliphatic carbocycles. The second kappa shape index (κ2) is 6.30. The Balaban J connectivity index is 1.87. The summed E-state index contributed by atoms with van der Waals surface area (Å²) in [5, 5.41) is 3.04. The first-order valence-electron chi connectivity index (χ1n) is 8.30. The zero-order valence-corrected chi connectivity index (χ0v) is 14.5. The molecular weight excluding hydrogens is 307 g/mol. The van der Waals surface area contributed by atoms with E-state index >= 15 is 0 Å². The molecule has 1 atom stereocenters. The average Bonchev–Trinajstić information content (AvgIpc) is 2.82. The van der Waals surface area contributed by atoms with Gasteiger partial charge in [0.15, 0.2) is 0 Å². The van der Waals surface area contributed by atoms with Crippen LogP contribution in [0, 0.1) is 19.7 Å². The van der Waals surface area contributed by atoms with Crippen LogP contribution in [0.1, 0.15) is 59.7 Å². The Kier molecular flexibility index (Phi) is 4.35. The second-order valence-corrected chi connectivity index (χ2v) is 6.59. The number of carbonyl (C=O) groups is 1. The number of carbonyl (C=O) groups excluding carboxylic acids is 1. The number of rotatable bonds is 3. The molecule has 2 aromatic rings. The normalized spacial score (nSPS) is 16.7. The molecule has 24 heavy (non-hydrogen) atoms. The Morgan fingerprint density at radius 1 is 1.33 bits per heavy atom. The van der Waals surface area contributed by atoms with Crippen molar-refractivity contribution < 1.29 is 13.9 Å². The maximum atomic E-state index is 13.6. The number of amides is 1. The van der Waals surface area contributed by atoms with Crippen LogP contribution in [0.3, 0.4) is 0 Å². The van der Waals surface area contributed by atoms with Gasteiger partial charge in [-0.1, -0.05) is 0 Å². The summed E-state index contributed by atoms with van der Waals surface area (Å²) in [6.45, 7) is 8.66. The summed E-state index contributed by atoms with van der Waals surface area (Å²) in [5.41, 5.74) is 3.38. The Bertz CT molecular complexity index is 780. The number of hydrogen-bond acceptors (Lipinski definition) is 2. The lowest BCUT2D eigenvalue weighted by Gasteiger charge is -2.26. The van der Waals surface area contributed by atoms with Crippen molar-refractivity contribution in [3.05, 3.63) is 52.6 Å². The molecule has 0 saturated heterocycles. The van der Waals surface area contributed by atoms with Crippen molar-refractivity contribution >= 4 is 5.91 Å². The van der Waals surface area contributed by atoms with Gasteiger partial charge in [-0.3, -0.25) is 4.79 Å². The number of halogens is 1. The fraction of sp³-hybridized carbons (Fsp3) is 0.421. The first-order chi connectivity index (χ1) is 11.4. The minimum absolute atomic E-state index is 0.128.